The fourth-order valence-electron chi connectivity index (χ4n) is 2.18. The third-order valence-corrected chi connectivity index (χ3v) is 4.53. The molecule has 0 radical (unpaired) electrons. The van der Waals surface area contributed by atoms with E-state index >= 15 is 0 Å². The van der Waals surface area contributed by atoms with Crippen molar-refractivity contribution >= 4 is 15.9 Å². The normalized spacial score (nSPS) is 11.3. The first-order valence-electron chi connectivity index (χ1n) is 7.30. The highest BCUT2D eigenvalue weighted by molar-refractivity contribution is 9.10. The van der Waals surface area contributed by atoms with E-state index in [4.69, 9.17) is 4.52 Å². The number of nitrogens with one attached hydrogen (secondary N) is 1. The number of halogens is 1. The molecule has 1 N–H and O–H groups in total. The van der Waals surface area contributed by atoms with Gasteiger partial charge in [-0.2, -0.15) is 4.98 Å². The molecular formula is C16H22BrN3O. The van der Waals surface area contributed by atoms with Crippen molar-refractivity contribution < 1.29 is 4.52 Å². The van der Waals surface area contributed by atoms with Crippen LogP contribution in [0.1, 0.15) is 37.3 Å². The topological polar surface area (TPSA) is 51.0 Å². The molecule has 5 heteroatoms. The molecule has 1 heterocycles. The van der Waals surface area contributed by atoms with Crippen LogP contribution >= 0.6 is 15.9 Å². The lowest BCUT2D eigenvalue weighted by Gasteiger charge is -2.05. The Kier molecular flexibility index (Phi) is 5.53. The first-order chi connectivity index (χ1) is 9.97. The van der Waals surface area contributed by atoms with E-state index in [0.717, 1.165) is 29.4 Å². The van der Waals surface area contributed by atoms with Crippen LogP contribution in [0.25, 0.3) is 11.4 Å². The van der Waals surface area contributed by atoms with E-state index in [1.165, 1.54) is 11.1 Å². The third-order valence-electron chi connectivity index (χ3n) is 3.28. The first kappa shape index (κ1) is 16.2. The molecule has 0 saturated carbocycles. The van der Waals surface area contributed by atoms with Gasteiger partial charge in [-0.25, -0.2) is 0 Å². The summed E-state index contributed by atoms with van der Waals surface area (Å²) in [6.07, 6.45) is 1.80. The first-order valence-corrected chi connectivity index (χ1v) is 8.09. The lowest BCUT2D eigenvalue weighted by atomic mass is 10.1. The Morgan fingerprint density at radius 3 is 2.52 bits per heavy atom. The summed E-state index contributed by atoms with van der Waals surface area (Å²) in [5.74, 6) is 1.37. The van der Waals surface area contributed by atoms with Gasteiger partial charge in [-0.3, -0.25) is 0 Å². The molecule has 0 bridgehead atoms. The average Bonchev–Trinajstić information content (AvgIpc) is 2.89. The van der Waals surface area contributed by atoms with Crippen LogP contribution < -0.4 is 5.32 Å². The van der Waals surface area contributed by atoms with Crippen LogP contribution in [0, 0.1) is 13.8 Å². The molecule has 2 aromatic rings. The maximum Gasteiger partial charge on any atom is 0.227 e. The van der Waals surface area contributed by atoms with Crippen LogP contribution in [0.15, 0.2) is 21.1 Å². The SMILES string of the molecule is Cc1cc(-c2noc(CCCNC(C)C)n2)cc(C)c1Br. The van der Waals surface area contributed by atoms with Gasteiger partial charge in [0, 0.05) is 22.5 Å². The monoisotopic (exact) mass is 351 g/mol. The maximum absolute atomic E-state index is 5.34. The third kappa shape index (κ3) is 4.38. The van der Waals surface area contributed by atoms with E-state index in [9.17, 15) is 0 Å². The van der Waals surface area contributed by atoms with Gasteiger partial charge < -0.3 is 9.84 Å². The molecule has 0 unspecified atom stereocenters. The van der Waals surface area contributed by atoms with Crippen molar-refractivity contribution in [1.29, 1.82) is 0 Å². The molecule has 21 heavy (non-hydrogen) atoms. The summed E-state index contributed by atoms with van der Waals surface area (Å²) < 4.78 is 6.47. The van der Waals surface area contributed by atoms with Gasteiger partial charge in [0.25, 0.3) is 0 Å². The summed E-state index contributed by atoms with van der Waals surface area (Å²) >= 11 is 3.57. The van der Waals surface area contributed by atoms with Gasteiger partial charge in [0.05, 0.1) is 0 Å². The average molecular weight is 352 g/mol. The van der Waals surface area contributed by atoms with E-state index in [1.807, 2.05) is 0 Å². The minimum atomic E-state index is 0.511. The summed E-state index contributed by atoms with van der Waals surface area (Å²) in [6, 6.07) is 4.66. The smallest absolute Gasteiger partial charge is 0.227 e. The highest BCUT2D eigenvalue weighted by Gasteiger charge is 2.11. The molecule has 114 valence electrons. The number of aryl methyl sites for hydroxylation is 3. The molecule has 1 aromatic heterocycles. The van der Waals surface area contributed by atoms with Crippen LogP contribution in [0.5, 0.6) is 0 Å². The van der Waals surface area contributed by atoms with Gasteiger partial charge in [-0.15, -0.1) is 0 Å². The summed E-state index contributed by atoms with van der Waals surface area (Å²) in [5, 5.41) is 7.47. The minimum Gasteiger partial charge on any atom is -0.339 e. The Bertz CT molecular complexity index is 584. The van der Waals surface area contributed by atoms with Crippen LogP contribution in [-0.2, 0) is 6.42 Å². The number of rotatable bonds is 6. The zero-order valence-electron chi connectivity index (χ0n) is 13.0. The molecule has 0 atom stereocenters. The van der Waals surface area contributed by atoms with Crippen molar-refractivity contribution in [3.63, 3.8) is 0 Å². The quantitative estimate of drug-likeness (QED) is 0.797. The lowest BCUT2D eigenvalue weighted by molar-refractivity contribution is 0.374. The predicted molar refractivity (Wildman–Crippen MR) is 88.4 cm³/mol. The Hall–Kier alpha value is -1.20. The van der Waals surface area contributed by atoms with Crippen molar-refractivity contribution in [3.8, 4) is 11.4 Å². The van der Waals surface area contributed by atoms with Crippen molar-refractivity contribution in [2.45, 2.75) is 46.6 Å². The fourth-order valence-corrected chi connectivity index (χ4v) is 2.41. The Morgan fingerprint density at radius 1 is 1.24 bits per heavy atom. The second-order valence-electron chi connectivity index (χ2n) is 5.65. The Labute approximate surface area is 134 Å². The molecule has 0 aliphatic rings. The van der Waals surface area contributed by atoms with Crippen molar-refractivity contribution in [3.05, 3.63) is 33.6 Å². The second-order valence-corrected chi connectivity index (χ2v) is 6.44. The largest absolute Gasteiger partial charge is 0.339 e. The van der Waals surface area contributed by atoms with Crippen LogP contribution in [0.3, 0.4) is 0 Å². The lowest BCUT2D eigenvalue weighted by Crippen LogP contribution is -2.23. The van der Waals surface area contributed by atoms with E-state index in [2.05, 4.69) is 71.2 Å². The van der Waals surface area contributed by atoms with Gasteiger partial charge in [0.2, 0.25) is 11.7 Å². The summed E-state index contributed by atoms with van der Waals surface area (Å²) in [4.78, 5) is 4.49. The van der Waals surface area contributed by atoms with E-state index < -0.39 is 0 Å². The summed E-state index contributed by atoms with van der Waals surface area (Å²) in [5.41, 5.74) is 3.36. The predicted octanol–water partition coefficient (Wildman–Crippen LogP) is 4.05. The van der Waals surface area contributed by atoms with Crippen molar-refractivity contribution in [2.24, 2.45) is 0 Å². The van der Waals surface area contributed by atoms with Crippen LogP contribution in [0.4, 0.5) is 0 Å². The van der Waals surface area contributed by atoms with Crippen LogP contribution in [0.2, 0.25) is 0 Å². The fraction of sp³-hybridized carbons (Fsp3) is 0.500. The molecule has 0 aliphatic carbocycles. The zero-order valence-corrected chi connectivity index (χ0v) is 14.6. The van der Waals surface area contributed by atoms with Gasteiger partial charge in [-0.05, 0) is 50.1 Å². The van der Waals surface area contributed by atoms with Gasteiger partial charge in [0.15, 0.2) is 0 Å². The maximum atomic E-state index is 5.34. The Balaban J connectivity index is 2.03. The van der Waals surface area contributed by atoms with Crippen molar-refractivity contribution in [1.82, 2.24) is 15.5 Å². The molecule has 4 nitrogen and oxygen atoms in total. The molecule has 0 aliphatic heterocycles. The highest BCUT2D eigenvalue weighted by atomic mass is 79.9. The molecule has 1 aromatic carbocycles. The van der Waals surface area contributed by atoms with Gasteiger partial charge in [0.1, 0.15) is 0 Å². The number of hydrogen-bond acceptors (Lipinski definition) is 4. The number of nitrogens with zero attached hydrogens (tertiary/aromatic N) is 2. The zero-order chi connectivity index (χ0) is 15.4. The minimum absolute atomic E-state index is 0.511. The Morgan fingerprint density at radius 2 is 1.90 bits per heavy atom. The van der Waals surface area contributed by atoms with E-state index in [1.54, 1.807) is 0 Å². The highest BCUT2D eigenvalue weighted by Crippen LogP contribution is 2.27. The molecule has 0 amide bonds. The van der Waals surface area contributed by atoms with Gasteiger partial charge in [-0.1, -0.05) is 34.9 Å². The summed E-state index contributed by atoms with van der Waals surface area (Å²) in [6.45, 7) is 9.39. The van der Waals surface area contributed by atoms with E-state index in [-0.39, 0.29) is 0 Å². The van der Waals surface area contributed by atoms with Crippen LogP contribution in [-0.4, -0.2) is 22.7 Å². The molecule has 0 saturated heterocycles. The second kappa shape index (κ2) is 7.18. The number of hydrogen-bond donors (Lipinski definition) is 1. The van der Waals surface area contributed by atoms with E-state index in [0.29, 0.717) is 17.8 Å². The standard InChI is InChI=1S/C16H22BrN3O/c1-10(2)18-7-5-6-14-19-16(20-21-14)13-8-11(3)15(17)12(4)9-13/h8-10,18H,5-7H2,1-4H3. The molecule has 2 rings (SSSR count). The van der Waals surface area contributed by atoms with Gasteiger partial charge >= 0.3 is 0 Å². The van der Waals surface area contributed by atoms with Crippen molar-refractivity contribution in [2.75, 3.05) is 6.54 Å². The molecule has 0 spiro atoms. The molecule has 0 fully saturated rings. The summed E-state index contributed by atoms with van der Waals surface area (Å²) in [7, 11) is 0. The number of aromatic nitrogens is 2. The number of benzene rings is 1. The molecular weight excluding hydrogens is 330 g/mol.